The molecule has 0 bridgehead atoms. The molecule has 6 nitrogen and oxygen atoms in total. The normalized spacial score (nSPS) is 11.7. The summed E-state index contributed by atoms with van der Waals surface area (Å²) in [6, 6.07) is 18.9. The van der Waals surface area contributed by atoms with Crippen molar-refractivity contribution in [3.05, 3.63) is 71.8 Å². The summed E-state index contributed by atoms with van der Waals surface area (Å²) >= 11 is 0. The number of carbonyl (C=O) groups is 3. The van der Waals surface area contributed by atoms with Crippen LogP contribution in [-0.4, -0.2) is 24.5 Å². The summed E-state index contributed by atoms with van der Waals surface area (Å²) < 4.78 is 16.6. The molecule has 0 saturated carbocycles. The number of hydrogen-bond acceptors (Lipinski definition) is 6. The van der Waals surface area contributed by atoms with Gasteiger partial charge in [0.1, 0.15) is 13.2 Å². The monoisotopic (exact) mass is 608 g/mol. The van der Waals surface area contributed by atoms with E-state index in [2.05, 4.69) is 13.8 Å². The van der Waals surface area contributed by atoms with Gasteiger partial charge >= 0.3 is 17.9 Å². The van der Waals surface area contributed by atoms with Crippen molar-refractivity contribution in [2.24, 2.45) is 11.8 Å². The number of benzene rings is 2. The molecule has 0 N–H and O–H groups in total. The Hall–Kier alpha value is -3.15. The number of unbranched alkanes of at least 4 members (excludes halogenated alkanes) is 9. The van der Waals surface area contributed by atoms with Crippen molar-refractivity contribution in [1.29, 1.82) is 0 Å². The Labute approximate surface area is 266 Å². The van der Waals surface area contributed by atoms with Crippen molar-refractivity contribution in [3.63, 3.8) is 0 Å². The van der Waals surface area contributed by atoms with E-state index in [0.29, 0.717) is 25.4 Å². The van der Waals surface area contributed by atoms with Crippen LogP contribution < -0.4 is 0 Å². The van der Waals surface area contributed by atoms with Gasteiger partial charge in [0, 0.05) is 6.42 Å². The molecule has 2 rings (SSSR count). The van der Waals surface area contributed by atoms with Gasteiger partial charge in [0.15, 0.2) is 5.92 Å². The van der Waals surface area contributed by atoms with Gasteiger partial charge in [-0.25, -0.2) is 0 Å². The van der Waals surface area contributed by atoms with E-state index in [9.17, 15) is 14.4 Å². The molecule has 0 spiro atoms. The van der Waals surface area contributed by atoms with Crippen molar-refractivity contribution < 1.29 is 28.6 Å². The Morgan fingerprint density at radius 2 is 1.02 bits per heavy atom. The Balaban J connectivity index is 1.66. The molecule has 0 aliphatic rings. The first-order chi connectivity index (χ1) is 21.5. The number of carbonyl (C=O) groups excluding carboxylic acids is 3. The van der Waals surface area contributed by atoms with Crippen molar-refractivity contribution in [3.8, 4) is 0 Å². The maximum Gasteiger partial charge on any atom is 0.320 e. The highest BCUT2D eigenvalue weighted by Crippen LogP contribution is 2.20. The minimum atomic E-state index is -0.940. The zero-order chi connectivity index (χ0) is 31.7. The predicted molar refractivity (Wildman–Crippen MR) is 176 cm³/mol. The lowest BCUT2D eigenvalue weighted by atomic mass is 9.96. The summed E-state index contributed by atoms with van der Waals surface area (Å²) in [5, 5.41) is 0. The molecule has 0 aliphatic carbocycles. The summed E-state index contributed by atoms with van der Waals surface area (Å²) in [6.07, 6.45) is 16.0. The molecule has 2 aromatic rings. The fraction of sp³-hybridized carbons (Fsp3) is 0.605. The number of ether oxygens (including phenoxy) is 3. The summed E-state index contributed by atoms with van der Waals surface area (Å²) in [5.41, 5.74) is 1.75. The van der Waals surface area contributed by atoms with E-state index in [1.165, 1.54) is 38.5 Å². The van der Waals surface area contributed by atoms with Crippen LogP contribution in [0, 0.1) is 11.8 Å². The topological polar surface area (TPSA) is 78.9 Å². The van der Waals surface area contributed by atoms with Crippen molar-refractivity contribution in [2.45, 2.75) is 130 Å². The molecule has 0 aromatic heterocycles. The Morgan fingerprint density at radius 1 is 0.545 bits per heavy atom. The van der Waals surface area contributed by atoms with Gasteiger partial charge in [-0.1, -0.05) is 145 Å². The fourth-order valence-corrected chi connectivity index (χ4v) is 5.26. The second-order valence-corrected chi connectivity index (χ2v) is 11.9. The third-order valence-electron chi connectivity index (χ3n) is 8.05. The average molecular weight is 609 g/mol. The summed E-state index contributed by atoms with van der Waals surface area (Å²) in [7, 11) is 0. The highest BCUT2D eigenvalue weighted by molar-refractivity contribution is 5.94. The number of rotatable bonds is 25. The zero-order valence-electron chi connectivity index (χ0n) is 27.3. The molecule has 0 radical (unpaired) electrons. The van der Waals surface area contributed by atoms with Crippen LogP contribution in [0.4, 0.5) is 0 Å². The third-order valence-corrected chi connectivity index (χ3v) is 8.05. The number of hydrogen-bond donors (Lipinski definition) is 0. The van der Waals surface area contributed by atoms with Gasteiger partial charge in [0.25, 0.3) is 0 Å². The summed E-state index contributed by atoms with van der Waals surface area (Å²) in [5.74, 6) is -1.60. The lowest BCUT2D eigenvalue weighted by Gasteiger charge is -2.17. The molecular weight excluding hydrogens is 552 g/mol. The maximum atomic E-state index is 12.9. The average Bonchev–Trinajstić information content (AvgIpc) is 3.05. The molecule has 2 aromatic carbocycles. The molecule has 0 amide bonds. The lowest BCUT2D eigenvalue weighted by molar-refractivity contribution is -0.164. The van der Waals surface area contributed by atoms with E-state index in [1.54, 1.807) is 0 Å². The predicted octanol–water partition coefficient (Wildman–Crippen LogP) is 9.53. The minimum Gasteiger partial charge on any atom is -0.465 e. The molecule has 0 aliphatic heterocycles. The van der Waals surface area contributed by atoms with E-state index < -0.39 is 17.9 Å². The summed E-state index contributed by atoms with van der Waals surface area (Å²) in [4.78, 5) is 38.1. The van der Waals surface area contributed by atoms with Gasteiger partial charge in [0.05, 0.1) is 6.61 Å². The molecule has 6 heteroatoms. The van der Waals surface area contributed by atoms with Gasteiger partial charge in [-0.2, -0.15) is 0 Å². The second kappa shape index (κ2) is 24.2. The fourth-order valence-electron chi connectivity index (χ4n) is 5.26. The first-order valence-electron chi connectivity index (χ1n) is 17.1. The van der Waals surface area contributed by atoms with Crippen LogP contribution in [0.1, 0.15) is 128 Å². The van der Waals surface area contributed by atoms with Crippen molar-refractivity contribution >= 4 is 17.9 Å². The van der Waals surface area contributed by atoms with Gasteiger partial charge < -0.3 is 14.2 Å². The zero-order valence-corrected chi connectivity index (χ0v) is 27.3. The first kappa shape index (κ1) is 37.0. The van der Waals surface area contributed by atoms with E-state index in [4.69, 9.17) is 14.2 Å². The highest BCUT2D eigenvalue weighted by Gasteiger charge is 2.29. The van der Waals surface area contributed by atoms with Gasteiger partial charge in [-0.05, 0) is 42.7 Å². The van der Waals surface area contributed by atoms with Crippen LogP contribution in [0.3, 0.4) is 0 Å². The molecule has 0 saturated heterocycles. The second-order valence-electron chi connectivity index (χ2n) is 11.9. The van der Waals surface area contributed by atoms with Crippen LogP contribution in [0.15, 0.2) is 60.7 Å². The first-order valence-corrected chi connectivity index (χ1v) is 17.1. The van der Waals surface area contributed by atoms with Crippen LogP contribution in [0.5, 0.6) is 0 Å². The van der Waals surface area contributed by atoms with Gasteiger partial charge in [-0.15, -0.1) is 0 Å². The van der Waals surface area contributed by atoms with E-state index in [1.807, 2.05) is 60.7 Å². The minimum absolute atomic E-state index is 0.0778. The van der Waals surface area contributed by atoms with E-state index in [-0.39, 0.29) is 19.2 Å². The van der Waals surface area contributed by atoms with E-state index in [0.717, 1.165) is 62.5 Å². The van der Waals surface area contributed by atoms with Crippen molar-refractivity contribution in [2.75, 3.05) is 6.61 Å². The quantitative estimate of drug-likeness (QED) is 0.0483. The maximum absolute atomic E-state index is 12.9. The van der Waals surface area contributed by atoms with Crippen molar-refractivity contribution in [1.82, 2.24) is 0 Å². The molecular formula is C38H56O6. The van der Waals surface area contributed by atoms with Crippen LogP contribution in [0.25, 0.3) is 0 Å². The van der Waals surface area contributed by atoms with Gasteiger partial charge in [0.2, 0.25) is 0 Å². The lowest BCUT2D eigenvalue weighted by Crippen LogP contribution is -2.28. The van der Waals surface area contributed by atoms with Crippen LogP contribution >= 0.6 is 0 Å². The third kappa shape index (κ3) is 17.2. The Kier molecular flexibility index (Phi) is 20.4. The Morgan fingerprint density at radius 3 is 1.59 bits per heavy atom. The molecule has 0 heterocycles. The largest absolute Gasteiger partial charge is 0.465 e. The highest BCUT2D eigenvalue weighted by atomic mass is 16.6. The molecule has 44 heavy (non-hydrogen) atoms. The van der Waals surface area contributed by atoms with E-state index >= 15 is 0 Å². The van der Waals surface area contributed by atoms with Gasteiger partial charge in [-0.3, -0.25) is 14.4 Å². The molecule has 1 unspecified atom stereocenters. The standard InChI is InChI=1S/C38H56O6/c1-3-5-7-14-22-32(21-6-4-2)29-42-36(39)28-20-11-9-8-10-19-27-35(37(40)43-30-33-23-15-12-16-24-33)38(41)44-31-34-25-17-13-18-26-34/h12-13,15-18,23-26,32,35H,3-11,14,19-22,27-31H2,1-2H3. The SMILES string of the molecule is CCCCCCC(CCCC)COC(=O)CCCCCCCCC(C(=O)OCc1ccccc1)C(=O)OCc1ccccc1. The Bertz CT molecular complexity index is 967. The number of esters is 3. The molecule has 0 fully saturated rings. The van der Waals surface area contributed by atoms with Crippen LogP contribution in [-0.2, 0) is 41.8 Å². The van der Waals surface area contributed by atoms with Crippen LogP contribution in [0.2, 0.25) is 0 Å². The molecule has 244 valence electrons. The summed E-state index contributed by atoms with van der Waals surface area (Å²) in [6.45, 7) is 5.26. The smallest absolute Gasteiger partial charge is 0.320 e. The molecule has 1 atom stereocenters.